The van der Waals surface area contributed by atoms with Gasteiger partial charge < -0.3 is 9.68 Å². The number of benzene rings is 2. The van der Waals surface area contributed by atoms with Crippen LogP contribution in [0.5, 0.6) is 5.75 Å². The molecule has 0 saturated carbocycles. The first-order valence-corrected chi connectivity index (χ1v) is 6.46. The van der Waals surface area contributed by atoms with Gasteiger partial charge in [-0.15, -0.1) is 0 Å². The Morgan fingerprint density at radius 2 is 1.32 bits per heavy atom. The van der Waals surface area contributed by atoms with Gasteiger partial charge >= 0.3 is 20.0 Å². The molecule has 0 heterocycles. The molecule has 0 aliphatic rings. The molecular weight excluding hydrogens is 351 g/mol. The number of rotatable bonds is 2. The average Bonchev–Trinajstić information content (AvgIpc) is 2.54. The Morgan fingerprint density at radius 3 is 1.64 bits per heavy atom. The van der Waals surface area contributed by atoms with E-state index in [-0.39, 0.29) is 7.69 Å². The molecule has 2 rings (SSSR count). The lowest BCUT2D eigenvalue weighted by atomic mass is 10.1. The Hall–Kier alpha value is -2.67. The maximum Gasteiger partial charge on any atom is 0.569 e. The molecule has 25 heavy (non-hydrogen) atoms. The van der Waals surface area contributed by atoms with Gasteiger partial charge in [0.05, 0.1) is 22.8 Å². The van der Waals surface area contributed by atoms with E-state index >= 15 is 0 Å². The van der Waals surface area contributed by atoms with Gasteiger partial charge in [0, 0.05) is 0 Å². The first-order chi connectivity index (χ1) is 11.6. The van der Waals surface area contributed by atoms with Crippen LogP contribution in [0.15, 0.2) is 48.5 Å². The van der Waals surface area contributed by atoms with E-state index in [1.165, 1.54) is 0 Å². The molecule has 1 radical (unpaired) electrons. The van der Waals surface area contributed by atoms with Gasteiger partial charge in [0.25, 0.3) is 0 Å². The summed E-state index contributed by atoms with van der Waals surface area (Å²) in [7, 11) is -0.236. The largest absolute Gasteiger partial charge is 0.569 e. The number of alkyl halides is 6. The molecule has 0 aliphatic heterocycles. The molecule has 0 aromatic heterocycles. The van der Waals surface area contributed by atoms with Crippen molar-refractivity contribution in [2.45, 2.75) is 12.4 Å². The molecule has 2 aromatic rings. The smallest absolute Gasteiger partial charge is 0.537 e. The molecule has 0 atom stereocenters. The van der Waals surface area contributed by atoms with Crippen LogP contribution in [0.25, 0.3) is 0 Å². The Bertz CT molecular complexity index is 693. The van der Waals surface area contributed by atoms with E-state index in [4.69, 9.17) is 10.3 Å². The van der Waals surface area contributed by atoms with Crippen LogP contribution in [0.1, 0.15) is 16.7 Å². The lowest BCUT2D eigenvalue weighted by molar-refractivity contribution is -0.144. The zero-order valence-corrected chi connectivity index (χ0v) is 12.3. The summed E-state index contributed by atoms with van der Waals surface area (Å²) < 4.78 is 78.3. The number of para-hydroxylation sites is 1. The van der Waals surface area contributed by atoms with E-state index in [9.17, 15) is 26.3 Å². The van der Waals surface area contributed by atoms with Crippen molar-refractivity contribution in [2.75, 3.05) is 0 Å². The van der Waals surface area contributed by atoms with Crippen LogP contribution in [0.3, 0.4) is 0 Å². The van der Waals surface area contributed by atoms with E-state index in [0.29, 0.717) is 23.8 Å². The summed E-state index contributed by atoms with van der Waals surface area (Å²) in [4.78, 5) is 0. The summed E-state index contributed by atoms with van der Waals surface area (Å²) in [6, 6.07) is 12.6. The maximum atomic E-state index is 12.4. The molecule has 0 amide bonds. The van der Waals surface area contributed by atoms with Crippen LogP contribution in [0.4, 0.5) is 26.3 Å². The monoisotopic (exact) mass is 360 g/mol. The molecule has 0 spiro atoms. The zero-order valence-electron chi connectivity index (χ0n) is 12.3. The number of halogens is 6. The number of nitrogens with zero attached hydrogens (tertiary/aromatic N) is 1. The van der Waals surface area contributed by atoms with E-state index in [2.05, 4.69) is 4.65 Å². The third-order valence-corrected chi connectivity index (χ3v) is 2.70. The first-order valence-electron chi connectivity index (χ1n) is 6.46. The third kappa shape index (κ3) is 6.04. The number of hydrogen-bond donors (Lipinski definition) is 1. The second kappa shape index (κ2) is 8.44. The van der Waals surface area contributed by atoms with Crippen LogP contribution >= 0.6 is 0 Å². The molecule has 2 aromatic carbocycles. The molecule has 10 heteroatoms. The molecule has 0 fully saturated rings. The molecule has 131 valence electrons. The normalized spacial score (nSPS) is 11.0. The van der Waals surface area contributed by atoms with Crippen LogP contribution in [0.2, 0.25) is 0 Å². The van der Waals surface area contributed by atoms with Gasteiger partial charge in [-0.2, -0.15) is 31.6 Å². The predicted octanol–water partition coefficient (Wildman–Crippen LogP) is 4.19. The minimum Gasteiger partial charge on any atom is -0.537 e. The topological polar surface area (TPSA) is 53.2 Å². The van der Waals surface area contributed by atoms with Gasteiger partial charge in [-0.1, -0.05) is 24.3 Å². The van der Waals surface area contributed by atoms with Gasteiger partial charge in [-0.25, -0.2) is 0 Å². The lowest BCUT2D eigenvalue weighted by Crippen LogP contribution is -2.16. The SMILES string of the molecule is N#Cc1ccccc1.O[B]Oc1c(C(F)(F)F)cccc1C(F)(F)F. The summed E-state index contributed by atoms with van der Waals surface area (Å²) in [5.41, 5.74) is -2.51. The molecule has 0 unspecified atom stereocenters. The van der Waals surface area contributed by atoms with E-state index in [1.807, 2.05) is 24.3 Å². The van der Waals surface area contributed by atoms with Gasteiger partial charge in [-0.05, 0) is 24.3 Å². The van der Waals surface area contributed by atoms with Crippen LogP contribution in [0, 0.1) is 11.3 Å². The second-order valence-electron chi connectivity index (χ2n) is 4.38. The summed E-state index contributed by atoms with van der Waals surface area (Å²) in [5.74, 6) is -1.48. The fraction of sp³-hybridized carbons (Fsp3) is 0.133. The highest BCUT2D eigenvalue weighted by molar-refractivity contribution is 6.17. The van der Waals surface area contributed by atoms with E-state index in [0.717, 1.165) is 0 Å². The van der Waals surface area contributed by atoms with E-state index < -0.39 is 29.2 Å². The van der Waals surface area contributed by atoms with E-state index in [1.54, 1.807) is 12.1 Å². The molecule has 0 bridgehead atoms. The molecule has 3 nitrogen and oxygen atoms in total. The fourth-order valence-corrected chi connectivity index (χ4v) is 1.68. The summed E-state index contributed by atoms with van der Waals surface area (Å²) in [6.45, 7) is 0. The molecule has 0 saturated heterocycles. The van der Waals surface area contributed by atoms with Gasteiger partial charge in [-0.3, -0.25) is 0 Å². The minimum absolute atomic E-state index is 0.236. The van der Waals surface area contributed by atoms with Gasteiger partial charge in [0.15, 0.2) is 0 Å². The van der Waals surface area contributed by atoms with Crippen molar-refractivity contribution < 1.29 is 36.0 Å². The van der Waals surface area contributed by atoms with Crippen molar-refractivity contribution in [3.63, 3.8) is 0 Å². The molecule has 1 N–H and O–H groups in total. The standard InChI is InChI=1S/C8H4BF6O2.C7H5N/c10-7(11,12)4-2-1-3-5(8(13,14)15)6(4)17-9-16;8-6-7-4-2-1-3-5-7/h1-3,16H;1-5H. The van der Waals surface area contributed by atoms with Crippen molar-refractivity contribution in [3.8, 4) is 11.8 Å². The van der Waals surface area contributed by atoms with Gasteiger partial charge in [0.2, 0.25) is 0 Å². The van der Waals surface area contributed by atoms with Crippen LogP contribution in [-0.4, -0.2) is 12.7 Å². The maximum absolute atomic E-state index is 12.4. The van der Waals surface area contributed by atoms with Crippen molar-refractivity contribution in [1.82, 2.24) is 0 Å². The lowest BCUT2D eigenvalue weighted by Gasteiger charge is -2.17. The summed E-state index contributed by atoms with van der Waals surface area (Å²) in [5, 5.41) is 16.5. The Balaban J connectivity index is 0.000000324. The Morgan fingerprint density at radius 1 is 0.840 bits per heavy atom. The number of nitriles is 1. The van der Waals surface area contributed by atoms with Crippen molar-refractivity contribution >= 4 is 7.69 Å². The van der Waals surface area contributed by atoms with Crippen LogP contribution < -0.4 is 4.65 Å². The predicted molar refractivity (Wildman–Crippen MR) is 76.2 cm³/mol. The highest BCUT2D eigenvalue weighted by Crippen LogP contribution is 2.43. The average molecular weight is 360 g/mol. The number of hydrogen-bond acceptors (Lipinski definition) is 3. The van der Waals surface area contributed by atoms with Gasteiger partial charge in [0.1, 0.15) is 5.75 Å². The highest BCUT2D eigenvalue weighted by atomic mass is 19.4. The third-order valence-electron chi connectivity index (χ3n) is 2.70. The van der Waals surface area contributed by atoms with Crippen LogP contribution in [-0.2, 0) is 12.4 Å². The van der Waals surface area contributed by atoms with Crippen molar-refractivity contribution in [2.24, 2.45) is 0 Å². The zero-order chi connectivity index (χ0) is 19.1. The van der Waals surface area contributed by atoms with Crippen molar-refractivity contribution in [3.05, 3.63) is 65.2 Å². The molecule has 0 aliphatic carbocycles. The summed E-state index contributed by atoms with van der Waals surface area (Å²) in [6.07, 6.45) is -10.0. The Kier molecular flexibility index (Phi) is 6.88. The summed E-state index contributed by atoms with van der Waals surface area (Å²) >= 11 is 0. The molecular formula is C15H9BF6NO2. The van der Waals surface area contributed by atoms with Crippen molar-refractivity contribution in [1.29, 1.82) is 5.26 Å². The second-order valence-corrected chi connectivity index (χ2v) is 4.38. The minimum atomic E-state index is -5.01. The highest BCUT2D eigenvalue weighted by Gasteiger charge is 2.41. The fourth-order valence-electron chi connectivity index (χ4n) is 1.68. The quantitative estimate of drug-likeness (QED) is 0.646. The first kappa shape index (κ1) is 20.4. The Labute approximate surface area is 139 Å².